The van der Waals surface area contributed by atoms with Crippen LogP contribution >= 0.6 is 0 Å². The van der Waals surface area contributed by atoms with Crippen molar-refractivity contribution < 1.29 is 13.9 Å². The normalized spacial score (nSPS) is 10.5. The Bertz CT molecular complexity index is 1030. The number of fused-ring (bicyclic) bond motifs is 1. The number of nitrogens with two attached hydrogens (primary N) is 1. The molecular weight excluding hydrogens is 317 g/mol. The molecule has 0 unspecified atom stereocenters. The maximum atomic E-state index is 13.9. The van der Waals surface area contributed by atoms with Gasteiger partial charge in [0, 0.05) is 11.1 Å². The van der Waals surface area contributed by atoms with Crippen molar-refractivity contribution in [2.75, 3.05) is 5.73 Å². The van der Waals surface area contributed by atoms with Crippen molar-refractivity contribution in [1.82, 2.24) is 0 Å². The molecule has 0 spiro atoms. The van der Waals surface area contributed by atoms with Crippen LogP contribution in [-0.2, 0) is 0 Å². The van der Waals surface area contributed by atoms with E-state index in [1.54, 1.807) is 50.2 Å². The molecule has 0 aliphatic carbocycles. The second-order valence-corrected chi connectivity index (χ2v) is 5.83. The Labute approximate surface area is 145 Å². The van der Waals surface area contributed by atoms with Gasteiger partial charge in [-0.2, -0.15) is 0 Å². The topological polar surface area (TPSA) is 52.3 Å². The molecule has 0 atom stereocenters. The molecule has 0 aromatic heterocycles. The lowest BCUT2D eigenvalue weighted by molar-refractivity contribution is 0.0735. The molecule has 3 rings (SSSR count). The summed E-state index contributed by atoms with van der Waals surface area (Å²) in [5.74, 6) is 1.75. The molecule has 0 heterocycles. The zero-order valence-corrected chi connectivity index (χ0v) is 13.9. The molecule has 0 fully saturated rings. The van der Waals surface area contributed by atoms with Gasteiger partial charge in [0.05, 0.1) is 11.1 Å². The van der Waals surface area contributed by atoms with Crippen LogP contribution in [0.1, 0.15) is 27.0 Å². The SMILES string of the molecule is C#Cc1c(F)ccc2cc(OC(=O)c3c(C)cccc3N)cc(C)c12. The molecule has 0 radical (unpaired) electrons. The molecule has 0 saturated carbocycles. The van der Waals surface area contributed by atoms with Crippen LogP contribution in [0, 0.1) is 32.0 Å². The summed E-state index contributed by atoms with van der Waals surface area (Å²) in [6.45, 7) is 3.59. The van der Waals surface area contributed by atoms with Crippen LogP contribution < -0.4 is 10.5 Å². The van der Waals surface area contributed by atoms with E-state index >= 15 is 0 Å². The Balaban J connectivity index is 2.05. The fourth-order valence-corrected chi connectivity index (χ4v) is 2.95. The van der Waals surface area contributed by atoms with Crippen molar-refractivity contribution in [1.29, 1.82) is 0 Å². The number of nitrogen functional groups attached to an aromatic ring is 1. The predicted molar refractivity (Wildman–Crippen MR) is 97.1 cm³/mol. The minimum Gasteiger partial charge on any atom is -0.423 e. The highest BCUT2D eigenvalue weighted by Crippen LogP contribution is 2.30. The number of terminal acetylenes is 1. The fraction of sp³-hybridized carbons (Fsp3) is 0.0952. The molecule has 3 aromatic carbocycles. The van der Waals surface area contributed by atoms with Crippen molar-refractivity contribution in [2.24, 2.45) is 0 Å². The Kier molecular flexibility index (Phi) is 4.16. The molecule has 0 aliphatic rings. The summed E-state index contributed by atoms with van der Waals surface area (Å²) < 4.78 is 19.4. The van der Waals surface area contributed by atoms with Crippen LogP contribution in [0.5, 0.6) is 5.75 Å². The third-order valence-corrected chi connectivity index (χ3v) is 4.10. The van der Waals surface area contributed by atoms with Gasteiger partial charge in [-0.05, 0) is 54.6 Å². The number of esters is 1. The highest BCUT2D eigenvalue weighted by atomic mass is 19.1. The van der Waals surface area contributed by atoms with Gasteiger partial charge in [0.25, 0.3) is 0 Å². The molecule has 0 bridgehead atoms. The van der Waals surface area contributed by atoms with Gasteiger partial charge < -0.3 is 10.5 Å². The van der Waals surface area contributed by atoms with E-state index in [0.717, 1.165) is 11.1 Å². The molecule has 4 heteroatoms. The largest absolute Gasteiger partial charge is 0.423 e. The lowest BCUT2D eigenvalue weighted by Crippen LogP contribution is -2.13. The third-order valence-electron chi connectivity index (χ3n) is 4.10. The molecule has 0 amide bonds. The minimum absolute atomic E-state index is 0.205. The fourth-order valence-electron chi connectivity index (χ4n) is 2.95. The standard InChI is InChI=1S/C21H16FNO2/c1-4-16-17(22)9-8-14-11-15(10-13(3)19(14)16)25-21(24)20-12(2)6-5-7-18(20)23/h1,5-11H,23H2,2-3H3. The molecule has 0 saturated heterocycles. The lowest BCUT2D eigenvalue weighted by Gasteiger charge is -2.12. The zero-order chi connectivity index (χ0) is 18.1. The lowest BCUT2D eigenvalue weighted by atomic mass is 9.99. The first-order chi connectivity index (χ1) is 11.9. The second kappa shape index (κ2) is 6.29. The van der Waals surface area contributed by atoms with Crippen LogP contribution in [0.15, 0.2) is 42.5 Å². The first-order valence-corrected chi connectivity index (χ1v) is 7.69. The van der Waals surface area contributed by atoms with Gasteiger partial charge in [0.2, 0.25) is 0 Å². The first kappa shape index (κ1) is 16.5. The molecule has 0 aliphatic heterocycles. The summed E-state index contributed by atoms with van der Waals surface area (Å²) in [4.78, 5) is 12.5. The van der Waals surface area contributed by atoms with Gasteiger partial charge in [0.15, 0.2) is 0 Å². The van der Waals surface area contributed by atoms with Gasteiger partial charge in [-0.25, -0.2) is 9.18 Å². The average molecular weight is 333 g/mol. The third kappa shape index (κ3) is 2.92. The number of benzene rings is 3. The summed E-state index contributed by atoms with van der Waals surface area (Å²) in [7, 11) is 0. The summed E-state index contributed by atoms with van der Waals surface area (Å²) >= 11 is 0. The smallest absolute Gasteiger partial charge is 0.345 e. The second-order valence-electron chi connectivity index (χ2n) is 5.83. The number of ether oxygens (including phenoxy) is 1. The van der Waals surface area contributed by atoms with E-state index < -0.39 is 11.8 Å². The van der Waals surface area contributed by atoms with Crippen LogP contribution in [0.4, 0.5) is 10.1 Å². The van der Waals surface area contributed by atoms with E-state index in [1.807, 2.05) is 0 Å². The van der Waals surface area contributed by atoms with E-state index in [1.165, 1.54) is 6.07 Å². The van der Waals surface area contributed by atoms with Crippen LogP contribution in [0.2, 0.25) is 0 Å². The van der Waals surface area contributed by atoms with Crippen LogP contribution in [0.25, 0.3) is 10.8 Å². The van der Waals surface area contributed by atoms with E-state index in [2.05, 4.69) is 5.92 Å². The van der Waals surface area contributed by atoms with Gasteiger partial charge >= 0.3 is 5.97 Å². The zero-order valence-electron chi connectivity index (χ0n) is 13.9. The van der Waals surface area contributed by atoms with E-state index in [4.69, 9.17) is 16.9 Å². The molecule has 124 valence electrons. The number of hydrogen-bond acceptors (Lipinski definition) is 3. The summed E-state index contributed by atoms with van der Waals surface area (Å²) in [6.07, 6.45) is 5.42. The van der Waals surface area contributed by atoms with Crippen molar-refractivity contribution >= 4 is 22.4 Å². The first-order valence-electron chi connectivity index (χ1n) is 7.69. The van der Waals surface area contributed by atoms with Gasteiger partial charge in [-0.3, -0.25) is 0 Å². The molecular formula is C21H16FNO2. The highest BCUT2D eigenvalue weighted by molar-refractivity contribution is 5.99. The monoisotopic (exact) mass is 333 g/mol. The van der Waals surface area contributed by atoms with Crippen molar-refractivity contribution in [3.8, 4) is 18.1 Å². The highest BCUT2D eigenvalue weighted by Gasteiger charge is 2.16. The Hall–Kier alpha value is -3.32. The maximum Gasteiger partial charge on any atom is 0.345 e. The number of rotatable bonds is 2. The van der Waals surface area contributed by atoms with Crippen molar-refractivity contribution in [3.05, 3.63) is 70.5 Å². The Morgan fingerprint density at radius 2 is 1.92 bits per heavy atom. The molecule has 2 N–H and O–H groups in total. The average Bonchev–Trinajstić information content (AvgIpc) is 2.55. The maximum absolute atomic E-state index is 13.9. The molecule has 3 aromatic rings. The van der Waals surface area contributed by atoms with Gasteiger partial charge in [-0.1, -0.05) is 24.1 Å². The Morgan fingerprint density at radius 1 is 1.16 bits per heavy atom. The number of carbonyl (C=O) groups excluding carboxylic acids is 1. The summed E-state index contributed by atoms with van der Waals surface area (Å²) in [5.41, 5.74) is 8.25. The molecule has 25 heavy (non-hydrogen) atoms. The van der Waals surface area contributed by atoms with E-state index in [9.17, 15) is 9.18 Å². The number of halogens is 1. The van der Waals surface area contributed by atoms with Crippen molar-refractivity contribution in [3.63, 3.8) is 0 Å². The van der Waals surface area contributed by atoms with Gasteiger partial charge in [0.1, 0.15) is 11.6 Å². The van der Waals surface area contributed by atoms with E-state index in [0.29, 0.717) is 27.8 Å². The van der Waals surface area contributed by atoms with Crippen LogP contribution in [-0.4, -0.2) is 5.97 Å². The Morgan fingerprint density at radius 3 is 2.60 bits per heavy atom. The van der Waals surface area contributed by atoms with E-state index in [-0.39, 0.29) is 5.56 Å². The number of hydrogen-bond donors (Lipinski definition) is 1. The quantitative estimate of drug-likeness (QED) is 0.328. The number of carbonyl (C=O) groups is 1. The molecule has 3 nitrogen and oxygen atoms in total. The van der Waals surface area contributed by atoms with Gasteiger partial charge in [-0.15, -0.1) is 6.42 Å². The van der Waals surface area contributed by atoms with Crippen LogP contribution in [0.3, 0.4) is 0 Å². The van der Waals surface area contributed by atoms with Crippen molar-refractivity contribution in [2.45, 2.75) is 13.8 Å². The number of aryl methyl sites for hydroxylation is 2. The summed E-state index contributed by atoms with van der Waals surface area (Å²) in [5, 5.41) is 1.34. The number of anilines is 1. The summed E-state index contributed by atoms with van der Waals surface area (Å²) in [6, 6.07) is 11.5. The predicted octanol–water partition coefficient (Wildman–Crippen LogP) is 4.38. The minimum atomic E-state index is -0.534.